The number of benzene rings is 1. The highest BCUT2D eigenvalue weighted by Gasteiger charge is 2.33. The summed E-state index contributed by atoms with van der Waals surface area (Å²) in [6.45, 7) is 0.764. The van der Waals surface area contributed by atoms with Crippen molar-refractivity contribution in [2.24, 2.45) is 0 Å². The lowest BCUT2D eigenvalue weighted by Gasteiger charge is -2.21. The van der Waals surface area contributed by atoms with E-state index in [-0.39, 0.29) is 17.9 Å². The largest absolute Gasteiger partial charge is 0.494 e. The van der Waals surface area contributed by atoms with Gasteiger partial charge >= 0.3 is 11.7 Å². The molecule has 0 spiro atoms. The van der Waals surface area contributed by atoms with E-state index in [2.05, 4.69) is 10.1 Å². The maximum Gasteiger partial charge on any atom is 0.345 e. The molecule has 0 unspecified atom stereocenters. The Morgan fingerprint density at radius 1 is 1.53 bits per heavy atom. The zero-order chi connectivity index (χ0) is 14.0. The molecule has 0 atom stereocenters. The van der Waals surface area contributed by atoms with Crippen LogP contribution in [0.15, 0.2) is 6.07 Å². The van der Waals surface area contributed by atoms with Crippen molar-refractivity contribution in [1.82, 2.24) is 0 Å². The van der Waals surface area contributed by atoms with Crippen LogP contribution in [0.2, 0.25) is 0 Å². The highest BCUT2D eigenvalue weighted by molar-refractivity contribution is 5.98. The molecule has 1 N–H and O–H groups in total. The molecule has 19 heavy (non-hydrogen) atoms. The first-order valence-corrected chi connectivity index (χ1v) is 5.44. The van der Waals surface area contributed by atoms with Crippen molar-refractivity contribution in [3.05, 3.63) is 21.7 Å². The lowest BCUT2D eigenvalue weighted by atomic mass is 10.1. The Hall–Kier alpha value is -2.51. The first kappa shape index (κ1) is 12.9. The molecule has 0 saturated carbocycles. The highest BCUT2D eigenvalue weighted by atomic mass is 16.6. The van der Waals surface area contributed by atoms with E-state index in [1.54, 1.807) is 0 Å². The van der Waals surface area contributed by atoms with E-state index in [0.717, 1.165) is 7.11 Å². The quantitative estimate of drug-likeness (QED) is 0.499. The second-order valence-corrected chi connectivity index (χ2v) is 3.70. The normalized spacial score (nSPS) is 12.7. The van der Waals surface area contributed by atoms with Gasteiger partial charge in [0, 0.05) is 12.6 Å². The summed E-state index contributed by atoms with van der Waals surface area (Å²) >= 11 is 0. The Bertz CT molecular complexity index is 542. The van der Waals surface area contributed by atoms with Crippen LogP contribution < -0.4 is 14.8 Å². The van der Waals surface area contributed by atoms with Gasteiger partial charge in [0.2, 0.25) is 5.75 Å². The summed E-state index contributed by atoms with van der Waals surface area (Å²) in [7, 11) is 2.55. The van der Waals surface area contributed by atoms with Crippen molar-refractivity contribution in [1.29, 1.82) is 0 Å². The summed E-state index contributed by atoms with van der Waals surface area (Å²) < 4.78 is 15.0. The van der Waals surface area contributed by atoms with Gasteiger partial charge in [-0.15, -0.1) is 0 Å². The molecule has 0 amide bonds. The number of rotatable bonds is 3. The number of hydrogen-bond donors (Lipinski definition) is 1. The number of fused-ring (bicyclic) bond motifs is 1. The number of nitro benzene ring substituents is 1. The van der Waals surface area contributed by atoms with Gasteiger partial charge < -0.3 is 19.5 Å². The van der Waals surface area contributed by atoms with E-state index in [1.807, 2.05) is 0 Å². The third-order valence-corrected chi connectivity index (χ3v) is 2.68. The van der Waals surface area contributed by atoms with Gasteiger partial charge in [-0.1, -0.05) is 0 Å². The Morgan fingerprint density at radius 3 is 2.84 bits per heavy atom. The Kier molecular flexibility index (Phi) is 3.41. The van der Waals surface area contributed by atoms with Crippen molar-refractivity contribution in [3.63, 3.8) is 0 Å². The van der Waals surface area contributed by atoms with Crippen LogP contribution in [0, 0.1) is 10.1 Å². The molecule has 0 aliphatic carbocycles. The minimum atomic E-state index is -0.818. The number of carbonyl (C=O) groups is 1. The summed E-state index contributed by atoms with van der Waals surface area (Å²) in [5.74, 6) is -0.529. The van der Waals surface area contributed by atoms with Crippen LogP contribution in [-0.2, 0) is 4.74 Å². The summed E-state index contributed by atoms with van der Waals surface area (Å²) in [5, 5.41) is 14.1. The number of nitro groups is 1. The Balaban J connectivity index is 2.73. The molecule has 1 aliphatic rings. The van der Waals surface area contributed by atoms with E-state index < -0.39 is 16.6 Å². The fourth-order valence-electron chi connectivity index (χ4n) is 1.87. The van der Waals surface area contributed by atoms with Crippen molar-refractivity contribution < 1.29 is 23.9 Å². The van der Waals surface area contributed by atoms with Gasteiger partial charge in [-0.25, -0.2) is 4.79 Å². The van der Waals surface area contributed by atoms with Crippen LogP contribution in [0.1, 0.15) is 10.4 Å². The van der Waals surface area contributed by atoms with Crippen LogP contribution in [0.3, 0.4) is 0 Å². The van der Waals surface area contributed by atoms with Crippen LogP contribution in [0.25, 0.3) is 0 Å². The van der Waals surface area contributed by atoms with Crippen LogP contribution >= 0.6 is 0 Å². The molecule has 8 heteroatoms. The SMILES string of the molecule is COC(=O)c1cc(OC)c2c(c1[N+](=O)[O-])OCCN2. The molecule has 1 heterocycles. The fourth-order valence-corrected chi connectivity index (χ4v) is 1.87. The molecule has 8 nitrogen and oxygen atoms in total. The lowest BCUT2D eigenvalue weighted by Crippen LogP contribution is -2.21. The molecule has 1 aromatic carbocycles. The lowest BCUT2D eigenvalue weighted by molar-refractivity contribution is -0.386. The van der Waals surface area contributed by atoms with Gasteiger partial charge in [0.05, 0.1) is 19.1 Å². The van der Waals surface area contributed by atoms with Gasteiger partial charge in [0.1, 0.15) is 23.6 Å². The molecule has 1 aromatic rings. The molecule has 1 aliphatic heterocycles. The summed E-state index contributed by atoms with van der Waals surface area (Å²) in [6, 6.07) is 1.27. The minimum absolute atomic E-state index is 0.00370. The molecule has 0 saturated heterocycles. The maximum absolute atomic E-state index is 11.6. The van der Waals surface area contributed by atoms with Crippen molar-refractivity contribution in [2.75, 3.05) is 32.7 Å². The fraction of sp³-hybridized carbons (Fsp3) is 0.364. The minimum Gasteiger partial charge on any atom is -0.494 e. The molecule has 0 bridgehead atoms. The number of nitrogens with zero attached hydrogens (tertiary/aromatic N) is 1. The van der Waals surface area contributed by atoms with E-state index >= 15 is 0 Å². The topological polar surface area (TPSA) is 99.9 Å². The zero-order valence-corrected chi connectivity index (χ0v) is 10.4. The predicted octanol–water partition coefficient (Wildman–Crippen LogP) is 1.19. The zero-order valence-electron chi connectivity index (χ0n) is 10.4. The van der Waals surface area contributed by atoms with Gasteiger partial charge in [-0.05, 0) is 0 Å². The number of esters is 1. The van der Waals surface area contributed by atoms with E-state index in [0.29, 0.717) is 18.0 Å². The first-order valence-electron chi connectivity index (χ1n) is 5.44. The average Bonchev–Trinajstić information content (AvgIpc) is 2.44. The number of ether oxygens (including phenoxy) is 3. The number of carbonyl (C=O) groups excluding carboxylic acids is 1. The molecule has 0 fully saturated rings. The second kappa shape index (κ2) is 5.01. The molecule has 0 aromatic heterocycles. The number of anilines is 1. The molecule has 2 rings (SSSR count). The Labute approximate surface area is 108 Å². The van der Waals surface area contributed by atoms with Gasteiger partial charge in [0.25, 0.3) is 0 Å². The number of hydrogen-bond acceptors (Lipinski definition) is 7. The van der Waals surface area contributed by atoms with Crippen LogP contribution in [0.4, 0.5) is 11.4 Å². The second-order valence-electron chi connectivity index (χ2n) is 3.70. The molecule has 0 radical (unpaired) electrons. The third kappa shape index (κ3) is 2.12. The van der Waals surface area contributed by atoms with Crippen LogP contribution in [-0.4, -0.2) is 38.3 Å². The highest BCUT2D eigenvalue weighted by Crippen LogP contribution is 2.46. The molecular formula is C11H12N2O6. The summed E-state index contributed by atoms with van der Waals surface area (Å²) in [5.41, 5.74) is -0.255. The first-order chi connectivity index (χ1) is 9.10. The summed E-state index contributed by atoms with van der Waals surface area (Å²) in [4.78, 5) is 22.1. The molecule has 102 valence electrons. The number of methoxy groups -OCH3 is 2. The van der Waals surface area contributed by atoms with Crippen molar-refractivity contribution in [2.45, 2.75) is 0 Å². The number of nitrogens with one attached hydrogen (secondary N) is 1. The Morgan fingerprint density at radius 2 is 2.26 bits per heavy atom. The standard InChI is InChI=1S/C11H12N2O6/c1-17-7-5-6(11(14)18-2)9(13(15)16)10-8(7)12-3-4-19-10/h5,12H,3-4H2,1-2H3. The summed E-state index contributed by atoms with van der Waals surface area (Å²) in [6.07, 6.45) is 0. The van der Waals surface area contributed by atoms with E-state index in [4.69, 9.17) is 9.47 Å². The third-order valence-electron chi connectivity index (χ3n) is 2.68. The smallest absolute Gasteiger partial charge is 0.345 e. The van der Waals surface area contributed by atoms with Gasteiger partial charge in [-0.2, -0.15) is 0 Å². The van der Waals surface area contributed by atoms with Gasteiger partial charge in [-0.3, -0.25) is 10.1 Å². The van der Waals surface area contributed by atoms with Crippen molar-refractivity contribution >= 4 is 17.3 Å². The molecular weight excluding hydrogens is 256 g/mol. The van der Waals surface area contributed by atoms with E-state index in [1.165, 1.54) is 13.2 Å². The monoisotopic (exact) mass is 268 g/mol. The van der Waals surface area contributed by atoms with Crippen molar-refractivity contribution in [3.8, 4) is 11.5 Å². The predicted molar refractivity (Wildman–Crippen MR) is 65.0 cm³/mol. The van der Waals surface area contributed by atoms with Crippen LogP contribution in [0.5, 0.6) is 11.5 Å². The maximum atomic E-state index is 11.6. The van der Waals surface area contributed by atoms with E-state index in [9.17, 15) is 14.9 Å². The average molecular weight is 268 g/mol. The van der Waals surface area contributed by atoms with Gasteiger partial charge in [0.15, 0.2) is 0 Å².